The molecule has 0 atom stereocenters. The average Bonchev–Trinajstić information content (AvgIpc) is 3.36. The topological polar surface area (TPSA) is 95.5 Å². The SMILES string of the molecule is Cc1noc(C)c1CC(=O)N1CCC2(CC1)Cn1nnc(COc3ccccc3)c1CO2. The Morgan fingerprint density at radius 2 is 1.97 bits per heavy atom. The molecule has 1 aromatic carbocycles. The molecule has 0 saturated carbocycles. The Balaban J connectivity index is 1.18. The van der Waals surface area contributed by atoms with Crippen LogP contribution >= 0.6 is 0 Å². The van der Waals surface area contributed by atoms with E-state index in [0.717, 1.165) is 41.2 Å². The van der Waals surface area contributed by atoms with E-state index in [-0.39, 0.29) is 11.5 Å². The molecule has 0 unspecified atom stereocenters. The third-order valence-electron chi connectivity index (χ3n) is 6.53. The van der Waals surface area contributed by atoms with Crippen LogP contribution in [0, 0.1) is 13.8 Å². The Bertz CT molecular complexity index is 1080. The molecule has 0 aliphatic carbocycles. The van der Waals surface area contributed by atoms with Crippen LogP contribution in [0.2, 0.25) is 0 Å². The Morgan fingerprint density at radius 3 is 2.69 bits per heavy atom. The number of ether oxygens (including phenoxy) is 2. The van der Waals surface area contributed by atoms with Crippen LogP contribution < -0.4 is 4.74 Å². The maximum Gasteiger partial charge on any atom is 0.227 e. The normalized spacial score (nSPS) is 17.4. The molecule has 168 valence electrons. The van der Waals surface area contributed by atoms with Gasteiger partial charge < -0.3 is 18.9 Å². The van der Waals surface area contributed by atoms with Crippen LogP contribution in [0.3, 0.4) is 0 Å². The van der Waals surface area contributed by atoms with Gasteiger partial charge >= 0.3 is 0 Å². The summed E-state index contributed by atoms with van der Waals surface area (Å²) >= 11 is 0. The summed E-state index contributed by atoms with van der Waals surface area (Å²) in [6, 6.07) is 9.67. The highest BCUT2D eigenvalue weighted by molar-refractivity contribution is 5.79. The van der Waals surface area contributed by atoms with E-state index in [0.29, 0.717) is 45.0 Å². The molecule has 3 aromatic rings. The molecule has 0 N–H and O–H groups in total. The van der Waals surface area contributed by atoms with Gasteiger partial charge in [-0.15, -0.1) is 5.10 Å². The number of likely N-dealkylation sites (tertiary alicyclic amines) is 1. The summed E-state index contributed by atoms with van der Waals surface area (Å²) < 4.78 is 19.3. The van der Waals surface area contributed by atoms with Gasteiger partial charge in [0.25, 0.3) is 0 Å². The van der Waals surface area contributed by atoms with Crippen LogP contribution in [0.1, 0.15) is 41.2 Å². The highest BCUT2D eigenvalue weighted by Gasteiger charge is 2.41. The van der Waals surface area contributed by atoms with Gasteiger partial charge in [0.2, 0.25) is 5.91 Å². The maximum absolute atomic E-state index is 12.8. The van der Waals surface area contributed by atoms with Gasteiger partial charge in [-0.3, -0.25) is 4.79 Å². The molecule has 1 fully saturated rings. The lowest BCUT2D eigenvalue weighted by Gasteiger charge is -2.43. The van der Waals surface area contributed by atoms with E-state index in [9.17, 15) is 4.79 Å². The molecular weight excluding hydrogens is 410 g/mol. The number of fused-ring (bicyclic) bond motifs is 1. The quantitative estimate of drug-likeness (QED) is 0.605. The summed E-state index contributed by atoms with van der Waals surface area (Å²) in [6.07, 6.45) is 1.87. The molecule has 4 heterocycles. The number of hydrogen-bond donors (Lipinski definition) is 0. The van der Waals surface area contributed by atoms with Crippen molar-refractivity contribution in [3.05, 3.63) is 58.7 Å². The van der Waals surface area contributed by atoms with Gasteiger partial charge in [-0.05, 0) is 38.8 Å². The monoisotopic (exact) mass is 437 g/mol. The Kier molecular flexibility index (Phi) is 5.42. The van der Waals surface area contributed by atoms with Gasteiger partial charge in [0.05, 0.1) is 36.6 Å². The Hall–Kier alpha value is -3.20. The molecule has 2 aliphatic rings. The molecule has 1 saturated heterocycles. The molecule has 1 spiro atoms. The molecular formula is C23H27N5O4. The lowest BCUT2D eigenvalue weighted by molar-refractivity contribution is -0.145. The van der Waals surface area contributed by atoms with Gasteiger partial charge in [-0.1, -0.05) is 28.6 Å². The van der Waals surface area contributed by atoms with E-state index < -0.39 is 0 Å². The lowest BCUT2D eigenvalue weighted by atomic mass is 9.89. The number of carbonyl (C=O) groups is 1. The molecule has 2 aliphatic heterocycles. The number of nitrogens with zero attached hydrogens (tertiary/aromatic N) is 5. The van der Waals surface area contributed by atoms with Crippen molar-refractivity contribution in [3.63, 3.8) is 0 Å². The Labute approximate surface area is 186 Å². The summed E-state index contributed by atoms with van der Waals surface area (Å²) in [7, 11) is 0. The van der Waals surface area contributed by atoms with Crippen LogP contribution in [-0.4, -0.2) is 49.6 Å². The third kappa shape index (κ3) is 4.00. The standard InChI is InChI=1S/C23H27N5O4/c1-16-19(17(2)32-25-16)12-22(29)27-10-8-23(9-11-27)15-28-21(14-31-23)20(24-26-28)13-30-18-6-4-3-5-7-18/h3-7H,8-15H2,1-2H3. The van der Waals surface area contributed by atoms with E-state index in [1.54, 1.807) is 0 Å². The van der Waals surface area contributed by atoms with E-state index in [2.05, 4.69) is 15.5 Å². The second-order valence-electron chi connectivity index (χ2n) is 8.57. The lowest BCUT2D eigenvalue weighted by Crippen LogP contribution is -2.52. The number of hydrogen-bond acceptors (Lipinski definition) is 7. The number of aryl methyl sites for hydroxylation is 2. The number of para-hydroxylation sites is 1. The van der Waals surface area contributed by atoms with Crippen LogP contribution in [0.25, 0.3) is 0 Å². The number of piperidine rings is 1. The number of amides is 1. The zero-order valence-electron chi connectivity index (χ0n) is 18.4. The van der Waals surface area contributed by atoms with Crippen molar-refractivity contribution in [1.82, 2.24) is 25.1 Å². The number of aromatic nitrogens is 4. The van der Waals surface area contributed by atoms with E-state index in [1.165, 1.54) is 0 Å². The van der Waals surface area contributed by atoms with Crippen LogP contribution in [0.15, 0.2) is 34.9 Å². The zero-order chi connectivity index (χ0) is 22.1. The van der Waals surface area contributed by atoms with E-state index in [1.807, 2.05) is 53.8 Å². The molecule has 32 heavy (non-hydrogen) atoms. The van der Waals surface area contributed by atoms with Gasteiger partial charge in [0.1, 0.15) is 23.8 Å². The number of benzene rings is 1. The summed E-state index contributed by atoms with van der Waals surface area (Å²) in [5.74, 6) is 1.62. The van der Waals surface area contributed by atoms with Crippen molar-refractivity contribution in [1.29, 1.82) is 0 Å². The number of carbonyl (C=O) groups excluding carboxylic acids is 1. The minimum Gasteiger partial charge on any atom is -0.487 e. The second kappa shape index (κ2) is 8.38. The van der Waals surface area contributed by atoms with Crippen LogP contribution in [-0.2, 0) is 35.7 Å². The maximum atomic E-state index is 12.8. The molecule has 1 amide bonds. The second-order valence-corrected chi connectivity index (χ2v) is 8.57. The van der Waals surface area contributed by atoms with E-state index in [4.69, 9.17) is 14.0 Å². The zero-order valence-corrected chi connectivity index (χ0v) is 18.4. The van der Waals surface area contributed by atoms with Gasteiger partial charge in [-0.2, -0.15) is 0 Å². The summed E-state index contributed by atoms with van der Waals surface area (Å²) in [5.41, 5.74) is 3.13. The first-order valence-electron chi connectivity index (χ1n) is 11.0. The molecule has 9 nitrogen and oxygen atoms in total. The van der Waals surface area contributed by atoms with Crippen molar-refractivity contribution in [2.75, 3.05) is 13.1 Å². The van der Waals surface area contributed by atoms with Crippen LogP contribution in [0.5, 0.6) is 5.75 Å². The molecule has 0 bridgehead atoms. The molecule has 0 radical (unpaired) electrons. The van der Waals surface area contributed by atoms with Crippen molar-refractivity contribution in [2.45, 2.75) is 58.5 Å². The number of rotatable bonds is 5. The minimum absolute atomic E-state index is 0.104. The smallest absolute Gasteiger partial charge is 0.227 e. The predicted octanol–water partition coefficient (Wildman–Crippen LogP) is 2.60. The third-order valence-corrected chi connectivity index (χ3v) is 6.53. The Morgan fingerprint density at radius 1 is 1.19 bits per heavy atom. The van der Waals surface area contributed by atoms with Crippen molar-refractivity contribution < 1.29 is 18.8 Å². The highest BCUT2D eigenvalue weighted by Crippen LogP contribution is 2.34. The van der Waals surface area contributed by atoms with Gasteiger partial charge in [0, 0.05) is 18.7 Å². The van der Waals surface area contributed by atoms with Crippen molar-refractivity contribution in [2.24, 2.45) is 0 Å². The largest absolute Gasteiger partial charge is 0.487 e. The highest BCUT2D eigenvalue weighted by atomic mass is 16.5. The van der Waals surface area contributed by atoms with Crippen molar-refractivity contribution in [3.8, 4) is 5.75 Å². The average molecular weight is 438 g/mol. The van der Waals surface area contributed by atoms with E-state index >= 15 is 0 Å². The molecule has 5 rings (SSSR count). The predicted molar refractivity (Wildman–Crippen MR) is 114 cm³/mol. The first-order chi connectivity index (χ1) is 15.5. The first kappa shape index (κ1) is 20.7. The fourth-order valence-corrected chi connectivity index (χ4v) is 4.46. The fourth-order valence-electron chi connectivity index (χ4n) is 4.46. The summed E-state index contributed by atoms with van der Waals surface area (Å²) in [4.78, 5) is 14.7. The minimum atomic E-state index is -0.307. The van der Waals surface area contributed by atoms with Gasteiger partial charge in [-0.25, -0.2) is 4.68 Å². The fraction of sp³-hybridized carbons (Fsp3) is 0.478. The van der Waals surface area contributed by atoms with Crippen molar-refractivity contribution >= 4 is 5.91 Å². The van der Waals surface area contributed by atoms with Gasteiger partial charge in [0.15, 0.2) is 0 Å². The summed E-state index contributed by atoms with van der Waals surface area (Å²) in [6.45, 7) is 6.50. The van der Waals surface area contributed by atoms with Crippen LogP contribution in [0.4, 0.5) is 0 Å². The molecule has 9 heteroatoms. The molecule has 2 aromatic heterocycles. The summed E-state index contributed by atoms with van der Waals surface area (Å²) in [5, 5.41) is 12.6. The first-order valence-corrected chi connectivity index (χ1v) is 11.0.